The number of ketones is 1. The standard InChI is InChI=1S/C33H35N3O12/c1-17(2)29-32(43)36(16-28(41)34-24(30(42)33(44)45)12-22-10-8-7-9-11-22)25(15-35(29)18(3)37)23-13-26(46-19(4)38)31(48-21(6)40)27(14-23)47-20(5)39/h7-11,13-15,17,24,29H,12,16H2,1-6H3,(H,34,41)(H,44,45)/t24-,29?/m0/s1. The average Bonchev–Trinajstić information content (AvgIpc) is 2.98. The second-order valence-corrected chi connectivity index (χ2v) is 11.1. The normalized spacial score (nSPS) is 14.9. The first-order chi connectivity index (χ1) is 22.5. The van der Waals surface area contributed by atoms with Crippen LogP contribution in [0.1, 0.15) is 52.7 Å². The number of Topliss-reactive ketones (excluding diaryl/α,β-unsaturated/α-hetero) is 1. The van der Waals surface area contributed by atoms with Gasteiger partial charge in [-0.15, -0.1) is 0 Å². The molecule has 0 aromatic heterocycles. The molecule has 0 aliphatic carbocycles. The van der Waals surface area contributed by atoms with Gasteiger partial charge in [-0.2, -0.15) is 0 Å². The first kappa shape index (κ1) is 36.6. The number of aliphatic carboxylic acids is 1. The summed E-state index contributed by atoms with van der Waals surface area (Å²) in [4.78, 5) is 103. The molecule has 0 radical (unpaired) electrons. The third kappa shape index (κ3) is 9.11. The van der Waals surface area contributed by atoms with Crippen molar-refractivity contribution in [1.29, 1.82) is 0 Å². The van der Waals surface area contributed by atoms with Gasteiger partial charge in [0.05, 0.1) is 5.70 Å². The molecule has 15 nitrogen and oxygen atoms in total. The topological polar surface area (TPSA) is 203 Å². The highest BCUT2D eigenvalue weighted by molar-refractivity contribution is 6.35. The fraction of sp³-hybridized carbons (Fsp3) is 0.333. The van der Waals surface area contributed by atoms with Crippen molar-refractivity contribution in [2.24, 2.45) is 5.92 Å². The van der Waals surface area contributed by atoms with Crippen LogP contribution in [0, 0.1) is 5.92 Å². The largest absolute Gasteiger partial charge is 0.475 e. The van der Waals surface area contributed by atoms with E-state index in [0.29, 0.717) is 5.56 Å². The van der Waals surface area contributed by atoms with Gasteiger partial charge in [-0.3, -0.25) is 38.5 Å². The Morgan fingerprint density at radius 2 is 1.40 bits per heavy atom. The number of rotatable bonds is 12. The zero-order valence-corrected chi connectivity index (χ0v) is 27.1. The Morgan fingerprint density at radius 3 is 1.85 bits per heavy atom. The minimum atomic E-state index is -1.77. The fourth-order valence-corrected chi connectivity index (χ4v) is 4.99. The highest BCUT2D eigenvalue weighted by atomic mass is 16.6. The maximum absolute atomic E-state index is 14.1. The third-order valence-corrected chi connectivity index (χ3v) is 6.88. The molecule has 2 atom stereocenters. The molecular formula is C33H35N3O12. The second-order valence-electron chi connectivity index (χ2n) is 11.1. The maximum Gasteiger partial charge on any atom is 0.374 e. The van der Waals surface area contributed by atoms with E-state index in [1.807, 2.05) is 0 Å². The van der Waals surface area contributed by atoms with Crippen molar-refractivity contribution >= 4 is 53.1 Å². The first-order valence-electron chi connectivity index (χ1n) is 14.7. The third-order valence-electron chi connectivity index (χ3n) is 6.88. The summed E-state index contributed by atoms with van der Waals surface area (Å²) in [7, 11) is 0. The number of nitrogens with zero attached hydrogens (tertiary/aromatic N) is 2. The molecule has 1 unspecified atom stereocenters. The quantitative estimate of drug-likeness (QED) is 0.190. The molecule has 0 saturated carbocycles. The number of hydrogen-bond acceptors (Lipinski definition) is 11. The van der Waals surface area contributed by atoms with E-state index in [1.54, 1.807) is 44.2 Å². The van der Waals surface area contributed by atoms with Crippen molar-refractivity contribution in [3.8, 4) is 17.2 Å². The van der Waals surface area contributed by atoms with Crippen molar-refractivity contribution in [1.82, 2.24) is 15.1 Å². The summed E-state index contributed by atoms with van der Waals surface area (Å²) < 4.78 is 15.7. The van der Waals surface area contributed by atoms with Crippen molar-refractivity contribution in [3.05, 3.63) is 59.8 Å². The van der Waals surface area contributed by atoms with E-state index >= 15 is 0 Å². The molecule has 2 aromatic carbocycles. The molecule has 254 valence electrons. The minimum absolute atomic E-state index is 0.0181. The van der Waals surface area contributed by atoms with E-state index < -0.39 is 77.7 Å². The van der Waals surface area contributed by atoms with Gasteiger partial charge in [-0.1, -0.05) is 44.2 Å². The number of ether oxygens (including phenoxy) is 3. The summed E-state index contributed by atoms with van der Waals surface area (Å²) in [5, 5.41) is 11.8. The van der Waals surface area contributed by atoms with E-state index in [4.69, 9.17) is 14.2 Å². The minimum Gasteiger partial charge on any atom is -0.475 e. The van der Waals surface area contributed by atoms with Crippen LogP contribution < -0.4 is 19.5 Å². The fourth-order valence-electron chi connectivity index (χ4n) is 4.99. The summed E-state index contributed by atoms with van der Waals surface area (Å²) in [5.41, 5.74) is 0.436. The number of hydrogen-bond donors (Lipinski definition) is 2. The zero-order valence-electron chi connectivity index (χ0n) is 27.1. The van der Waals surface area contributed by atoms with Crippen LogP contribution in [0.2, 0.25) is 0 Å². The van der Waals surface area contributed by atoms with Crippen molar-refractivity contribution in [2.45, 2.75) is 60.0 Å². The summed E-state index contributed by atoms with van der Waals surface area (Å²) in [6, 6.07) is 8.15. The number of carboxylic acids is 1. The zero-order chi connectivity index (χ0) is 35.9. The molecule has 48 heavy (non-hydrogen) atoms. The summed E-state index contributed by atoms with van der Waals surface area (Å²) in [5.74, 6) is -9.43. The summed E-state index contributed by atoms with van der Waals surface area (Å²) >= 11 is 0. The van der Waals surface area contributed by atoms with Gasteiger partial charge < -0.3 is 29.5 Å². The van der Waals surface area contributed by atoms with Gasteiger partial charge in [0.1, 0.15) is 18.6 Å². The van der Waals surface area contributed by atoms with Gasteiger partial charge in [0.2, 0.25) is 17.6 Å². The molecule has 0 fully saturated rings. The Balaban J connectivity index is 2.18. The van der Waals surface area contributed by atoms with Crippen LogP contribution in [0.3, 0.4) is 0 Å². The van der Waals surface area contributed by atoms with Crippen molar-refractivity contribution < 1.29 is 57.7 Å². The molecule has 1 aliphatic rings. The van der Waals surface area contributed by atoms with Crippen molar-refractivity contribution in [2.75, 3.05) is 6.54 Å². The van der Waals surface area contributed by atoms with E-state index in [2.05, 4.69) is 5.32 Å². The average molecular weight is 666 g/mol. The molecule has 0 bridgehead atoms. The molecule has 3 rings (SSSR count). The van der Waals surface area contributed by atoms with Gasteiger partial charge in [-0.05, 0) is 23.6 Å². The molecule has 3 amide bonds. The molecule has 1 heterocycles. The maximum atomic E-state index is 14.1. The molecule has 0 saturated heterocycles. The Morgan fingerprint density at radius 1 is 0.854 bits per heavy atom. The molecular weight excluding hydrogens is 630 g/mol. The van der Waals surface area contributed by atoms with E-state index in [-0.39, 0.29) is 29.2 Å². The Bertz CT molecular complexity index is 1640. The SMILES string of the molecule is CC(=O)Oc1cc(C2=CN(C(C)=O)C(C(C)C)C(=O)N2CC(=O)N[C@@H](Cc2ccccc2)C(=O)C(=O)O)cc(OC(C)=O)c1OC(C)=O. The number of carbonyl (C=O) groups is 8. The Hall–Kier alpha value is -5.86. The highest BCUT2D eigenvalue weighted by Gasteiger charge is 2.41. The summed E-state index contributed by atoms with van der Waals surface area (Å²) in [6.45, 7) is 7.02. The van der Waals surface area contributed by atoms with Gasteiger partial charge in [0.25, 0.3) is 11.7 Å². The highest BCUT2D eigenvalue weighted by Crippen LogP contribution is 2.42. The predicted molar refractivity (Wildman–Crippen MR) is 166 cm³/mol. The first-order valence-corrected chi connectivity index (χ1v) is 14.7. The van der Waals surface area contributed by atoms with Gasteiger partial charge in [0, 0.05) is 45.9 Å². The van der Waals surface area contributed by atoms with E-state index in [1.165, 1.54) is 25.3 Å². The lowest BCUT2D eigenvalue weighted by molar-refractivity contribution is -0.150. The predicted octanol–water partition coefficient (Wildman–Crippen LogP) is 1.86. The van der Waals surface area contributed by atoms with Crippen LogP contribution >= 0.6 is 0 Å². The van der Waals surface area contributed by atoms with Crippen LogP contribution in [0.5, 0.6) is 17.2 Å². The number of nitrogens with one attached hydrogen (secondary N) is 1. The molecule has 1 aliphatic heterocycles. The number of carbonyl (C=O) groups excluding carboxylic acids is 7. The van der Waals surface area contributed by atoms with Crippen LogP contribution in [0.15, 0.2) is 48.7 Å². The van der Waals surface area contributed by atoms with E-state index in [0.717, 1.165) is 30.6 Å². The number of benzene rings is 2. The van der Waals surface area contributed by atoms with Crippen molar-refractivity contribution in [3.63, 3.8) is 0 Å². The smallest absolute Gasteiger partial charge is 0.374 e. The molecule has 2 N–H and O–H groups in total. The van der Waals surface area contributed by atoms with Gasteiger partial charge in [0.15, 0.2) is 11.5 Å². The second kappa shape index (κ2) is 15.6. The molecule has 2 aromatic rings. The lowest BCUT2D eigenvalue weighted by Crippen LogP contribution is -2.56. The number of esters is 3. The Labute approximate surface area is 275 Å². The lowest BCUT2D eigenvalue weighted by Gasteiger charge is -2.40. The number of carboxylic acid groups (broad SMARTS) is 1. The van der Waals surface area contributed by atoms with Gasteiger partial charge in [-0.25, -0.2) is 4.79 Å². The Kier molecular flexibility index (Phi) is 11.9. The van der Waals surface area contributed by atoms with E-state index in [9.17, 15) is 43.5 Å². The van der Waals surface area contributed by atoms with Crippen LogP contribution in [0.25, 0.3) is 5.70 Å². The number of amides is 3. The summed E-state index contributed by atoms with van der Waals surface area (Å²) in [6.07, 6.45) is 1.12. The van der Waals surface area contributed by atoms with Crippen LogP contribution in [-0.4, -0.2) is 80.9 Å². The van der Waals surface area contributed by atoms with Crippen LogP contribution in [-0.2, 0) is 44.8 Å². The monoisotopic (exact) mass is 665 g/mol. The lowest BCUT2D eigenvalue weighted by atomic mass is 9.96. The molecule has 15 heteroatoms. The van der Waals surface area contributed by atoms with Crippen LogP contribution in [0.4, 0.5) is 0 Å². The van der Waals surface area contributed by atoms with Gasteiger partial charge >= 0.3 is 23.9 Å². The molecule has 0 spiro atoms.